The molecule has 1 fully saturated rings. The maximum absolute atomic E-state index is 13.6. The monoisotopic (exact) mass is 381 g/mol. The summed E-state index contributed by atoms with van der Waals surface area (Å²) >= 11 is 0. The van der Waals surface area contributed by atoms with Gasteiger partial charge in [0.15, 0.2) is 5.78 Å². The van der Waals surface area contributed by atoms with E-state index in [4.69, 9.17) is 0 Å². The van der Waals surface area contributed by atoms with Crippen LogP contribution in [-0.4, -0.2) is 30.3 Å². The third-order valence-electron chi connectivity index (χ3n) is 6.86. The molecule has 3 aromatic carbocycles. The molecule has 1 atom stereocenters. The molecule has 3 aromatic rings. The van der Waals surface area contributed by atoms with Gasteiger partial charge < -0.3 is 4.90 Å². The molecule has 0 spiro atoms. The standard InChI is InChI=1S/C27H27NO/c29-26-25-16-8-7-13-22(25)18-27(26,23-14-5-2-6-15-23)24-19-28(20-24)17-9-12-21-10-3-1-4-11-21/h1-8,10-11,13-16,24H,9,12,17-20H2. The van der Waals surface area contributed by atoms with Crippen LogP contribution in [0.2, 0.25) is 0 Å². The highest BCUT2D eigenvalue weighted by Crippen LogP contribution is 2.48. The summed E-state index contributed by atoms with van der Waals surface area (Å²) in [5.41, 5.74) is 4.35. The van der Waals surface area contributed by atoms with E-state index in [9.17, 15) is 4.79 Å². The summed E-state index contributed by atoms with van der Waals surface area (Å²) in [6, 6.07) is 29.4. The van der Waals surface area contributed by atoms with E-state index in [0.29, 0.717) is 11.7 Å². The van der Waals surface area contributed by atoms with Crippen LogP contribution in [0.1, 0.15) is 33.5 Å². The largest absolute Gasteiger partial charge is 0.303 e. The summed E-state index contributed by atoms with van der Waals surface area (Å²) in [4.78, 5) is 16.2. The van der Waals surface area contributed by atoms with E-state index in [1.165, 1.54) is 23.1 Å². The van der Waals surface area contributed by atoms with E-state index in [1.54, 1.807) is 0 Å². The quantitative estimate of drug-likeness (QED) is 0.603. The Hall–Kier alpha value is -2.71. The SMILES string of the molecule is O=C1c2ccccc2CC1(c1ccccc1)C1CN(CCCc2ccccc2)C1. The number of fused-ring (bicyclic) bond motifs is 1. The summed E-state index contributed by atoms with van der Waals surface area (Å²) in [5.74, 6) is 0.717. The van der Waals surface area contributed by atoms with Gasteiger partial charge in [-0.1, -0.05) is 84.9 Å². The predicted octanol–water partition coefficient (Wildman–Crippen LogP) is 4.93. The highest BCUT2D eigenvalue weighted by Gasteiger charge is 2.54. The Kier molecular flexibility index (Phi) is 4.81. The molecule has 1 saturated heterocycles. The van der Waals surface area contributed by atoms with E-state index >= 15 is 0 Å². The van der Waals surface area contributed by atoms with Crippen LogP contribution < -0.4 is 0 Å². The maximum atomic E-state index is 13.6. The first-order chi connectivity index (χ1) is 14.3. The summed E-state index contributed by atoms with van der Waals surface area (Å²) in [5, 5.41) is 0. The van der Waals surface area contributed by atoms with Crippen molar-refractivity contribution in [2.45, 2.75) is 24.7 Å². The van der Waals surface area contributed by atoms with Crippen molar-refractivity contribution in [3.05, 3.63) is 107 Å². The number of aryl methyl sites for hydroxylation is 1. The van der Waals surface area contributed by atoms with Gasteiger partial charge in [0.25, 0.3) is 0 Å². The fourth-order valence-electron chi connectivity index (χ4n) is 5.27. The van der Waals surface area contributed by atoms with Gasteiger partial charge in [-0.3, -0.25) is 4.79 Å². The first-order valence-corrected chi connectivity index (χ1v) is 10.7. The fourth-order valence-corrected chi connectivity index (χ4v) is 5.27. The second kappa shape index (κ2) is 7.61. The number of hydrogen-bond acceptors (Lipinski definition) is 2. The zero-order valence-electron chi connectivity index (χ0n) is 16.8. The van der Waals surface area contributed by atoms with Gasteiger partial charge >= 0.3 is 0 Å². The molecule has 0 N–H and O–H groups in total. The van der Waals surface area contributed by atoms with Gasteiger partial charge in [-0.25, -0.2) is 0 Å². The second-order valence-corrected chi connectivity index (χ2v) is 8.55. The molecular formula is C27H27NO. The van der Waals surface area contributed by atoms with E-state index in [-0.39, 0.29) is 5.41 Å². The molecular weight excluding hydrogens is 354 g/mol. The van der Waals surface area contributed by atoms with E-state index in [1.807, 2.05) is 18.2 Å². The lowest BCUT2D eigenvalue weighted by Crippen LogP contribution is -2.58. The minimum atomic E-state index is -0.388. The van der Waals surface area contributed by atoms with Gasteiger partial charge in [0.1, 0.15) is 0 Å². The van der Waals surface area contributed by atoms with E-state index in [0.717, 1.165) is 38.0 Å². The maximum Gasteiger partial charge on any atom is 0.174 e. The fraction of sp³-hybridized carbons (Fsp3) is 0.296. The van der Waals surface area contributed by atoms with E-state index < -0.39 is 0 Å². The molecule has 146 valence electrons. The predicted molar refractivity (Wildman–Crippen MR) is 117 cm³/mol. The summed E-state index contributed by atoms with van der Waals surface area (Å²) in [6.07, 6.45) is 3.13. The minimum Gasteiger partial charge on any atom is -0.303 e. The molecule has 1 aliphatic heterocycles. The van der Waals surface area contributed by atoms with Crippen molar-refractivity contribution < 1.29 is 4.79 Å². The zero-order valence-corrected chi connectivity index (χ0v) is 16.8. The number of ketones is 1. The van der Waals surface area contributed by atoms with Gasteiger partial charge in [-0.05, 0) is 42.5 Å². The topological polar surface area (TPSA) is 20.3 Å². The molecule has 1 unspecified atom stereocenters. The Morgan fingerprint density at radius 2 is 1.48 bits per heavy atom. The second-order valence-electron chi connectivity index (χ2n) is 8.55. The minimum absolute atomic E-state index is 0.327. The van der Waals surface area contributed by atoms with Crippen molar-refractivity contribution in [1.82, 2.24) is 4.90 Å². The number of Topliss-reactive ketones (excluding diaryl/α,β-unsaturated/α-hetero) is 1. The molecule has 0 saturated carbocycles. The van der Waals surface area contributed by atoms with Crippen LogP contribution >= 0.6 is 0 Å². The van der Waals surface area contributed by atoms with Gasteiger partial charge in [0.05, 0.1) is 5.41 Å². The molecule has 0 aromatic heterocycles. The zero-order chi connectivity index (χ0) is 19.7. The molecule has 2 nitrogen and oxygen atoms in total. The molecule has 0 radical (unpaired) electrons. The van der Waals surface area contributed by atoms with Crippen molar-refractivity contribution in [2.75, 3.05) is 19.6 Å². The Morgan fingerprint density at radius 3 is 2.21 bits per heavy atom. The molecule has 5 rings (SSSR count). The average Bonchev–Trinajstić information content (AvgIpc) is 3.04. The molecule has 0 amide bonds. The van der Waals surface area contributed by atoms with Crippen LogP contribution in [-0.2, 0) is 18.3 Å². The van der Waals surface area contributed by atoms with Crippen LogP contribution in [0.25, 0.3) is 0 Å². The Bertz CT molecular complexity index is 991. The summed E-state index contributed by atoms with van der Waals surface area (Å²) in [7, 11) is 0. The van der Waals surface area contributed by atoms with Gasteiger partial charge in [0, 0.05) is 24.6 Å². The number of benzene rings is 3. The van der Waals surface area contributed by atoms with Crippen LogP contribution in [0.4, 0.5) is 0 Å². The highest BCUT2D eigenvalue weighted by molar-refractivity contribution is 6.08. The molecule has 0 bridgehead atoms. The third-order valence-corrected chi connectivity index (χ3v) is 6.86. The molecule has 1 heterocycles. The number of likely N-dealkylation sites (tertiary alicyclic amines) is 1. The lowest BCUT2D eigenvalue weighted by Gasteiger charge is -2.48. The number of carbonyl (C=O) groups excluding carboxylic acids is 1. The van der Waals surface area contributed by atoms with Crippen LogP contribution in [0.5, 0.6) is 0 Å². The molecule has 29 heavy (non-hydrogen) atoms. The molecule has 2 aliphatic rings. The van der Waals surface area contributed by atoms with Crippen molar-refractivity contribution in [2.24, 2.45) is 5.92 Å². The Balaban J connectivity index is 1.31. The van der Waals surface area contributed by atoms with Crippen molar-refractivity contribution in [1.29, 1.82) is 0 Å². The lowest BCUT2D eigenvalue weighted by atomic mass is 9.64. The number of carbonyl (C=O) groups is 1. The van der Waals surface area contributed by atoms with Crippen LogP contribution in [0.15, 0.2) is 84.9 Å². The first-order valence-electron chi connectivity index (χ1n) is 10.7. The van der Waals surface area contributed by atoms with Gasteiger partial charge in [-0.15, -0.1) is 0 Å². The van der Waals surface area contributed by atoms with Crippen molar-refractivity contribution in [3.63, 3.8) is 0 Å². The Labute approximate surface area is 173 Å². The number of nitrogens with zero attached hydrogens (tertiary/aromatic N) is 1. The number of hydrogen-bond donors (Lipinski definition) is 0. The normalized spacial score (nSPS) is 21.7. The van der Waals surface area contributed by atoms with Gasteiger partial charge in [0.2, 0.25) is 0 Å². The first kappa shape index (κ1) is 18.3. The van der Waals surface area contributed by atoms with Crippen molar-refractivity contribution >= 4 is 5.78 Å². The van der Waals surface area contributed by atoms with E-state index in [2.05, 4.69) is 71.6 Å². The van der Waals surface area contributed by atoms with Crippen LogP contribution in [0.3, 0.4) is 0 Å². The highest BCUT2D eigenvalue weighted by atomic mass is 16.1. The number of rotatable bonds is 6. The molecule has 1 aliphatic carbocycles. The third kappa shape index (κ3) is 3.22. The summed E-state index contributed by atoms with van der Waals surface area (Å²) < 4.78 is 0. The van der Waals surface area contributed by atoms with Crippen LogP contribution in [0, 0.1) is 5.92 Å². The van der Waals surface area contributed by atoms with Crippen molar-refractivity contribution in [3.8, 4) is 0 Å². The lowest BCUT2D eigenvalue weighted by molar-refractivity contribution is 0.0357. The molecule has 2 heteroatoms. The smallest absolute Gasteiger partial charge is 0.174 e. The van der Waals surface area contributed by atoms with Gasteiger partial charge in [-0.2, -0.15) is 0 Å². The summed E-state index contributed by atoms with van der Waals surface area (Å²) in [6.45, 7) is 3.14. The Morgan fingerprint density at radius 1 is 0.828 bits per heavy atom. The average molecular weight is 382 g/mol.